The van der Waals surface area contributed by atoms with E-state index in [9.17, 15) is 0 Å². The van der Waals surface area contributed by atoms with E-state index in [1.165, 1.54) is 14.7 Å². The van der Waals surface area contributed by atoms with Gasteiger partial charge in [0.15, 0.2) is 0 Å². The second kappa shape index (κ2) is 2.57. The van der Waals surface area contributed by atoms with Crippen molar-refractivity contribution in [3.63, 3.8) is 0 Å². The zero-order valence-electron chi connectivity index (χ0n) is 5.96. The van der Waals surface area contributed by atoms with Gasteiger partial charge in [-0.1, -0.05) is 0 Å². The van der Waals surface area contributed by atoms with Crippen molar-refractivity contribution in [1.82, 2.24) is 0 Å². The van der Waals surface area contributed by atoms with Gasteiger partial charge in [-0.2, -0.15) is 0 Å². The molecule has 0 atom stereocenters. The van der Waals surface area contributed by atoms with Crippen molar-refractivity contribution in [2.45, 2.75) is 20.8 Å². The predicted molar refractivity (Wildman–Crippen MR) is 42.7 cm³/mol. The van der Waals surface area contributed by atoms with Crippen molar-refractivity contribution in [1.29, 1.82) is 0 Å². The van der Waals surface area contributed by atoms with Gasteiger partial charge in [0.1, 0.15) is 0 Å². The average molecular weight is 198 g/mol. The summed E-state index contributed by atoms with van der Waals surface area (Å²) in [5.41, 5.74) is 2.79. The molecule has 0 aromatic heterocycles. The van der Waals surface area contributed by atoms with E-state index in [-0.39, 0.29) is 17.4 Å². The maximum absolute atomic E-state index is 5.96. The van der Waals surface area contributed by atoms with Crippen LogP contribution in [0.5, 0.6) is 0 Å². The Morgan fingerprint density at radius 2 is 1.67 bits per heavy atom. The van der Waals surface area contributed by atoms with Gasteiger partial charge in [0.2, 0.25) is 0 Å². The molecule has 1 rings (SSSR count). The van der Waals surface area contributed by atoms with Gasteiger partial charge in [-0.05, 0) is 0 Å². The number of halogens is 1. The molecule has 9 heavy (non-hydrogen) atoms. The molecule has 0 aromatic carbocycles. The van der Waals surface area contributed by atoms with Gasteiger partial charge >= 0.3 is 68.6 Å². The summed E-state index contributed by atoms with van der Waals surface area (Å²) in [5.74, 6) is 0. The monoisotopic (exact) mass is 197 g/mol. The van der Waals surface area contributed by atoms with E-state index in [0.717, 1.165) is 0 Å². The van der Waals surface area contributed by atoms with Crippen molar-refractivity contribution in [2.24, 2.45) is 0 Å². The topological polar surface area (TPSA) is 0 Å². The Morgan fingerprint density at radius 3 is 1.78 bits per heavy atom. The first kappa shape index (κ1) is 7.51. The molecular formula is C7H9ClGa. The summed E-state index contributed by atoms with van der Waals surface area (Å²) in [6.07, 6.45) is 0. The van der Waals surface area contributed by atoms with Crippen LogP contribution < -0.4 is 0 Å². The fraction of sp³-hybridized carbons (Fsp3) is 0.429. The number of allylic oxidation sites excluding steroid dienone is 3. The number of hydrogen-bond donors (Lipinski definition) is 0. The summed E-state index contributed by atoms with van der Waals surface area (Å²) in [7, 11) is 0. The molecule has 0 aromatic rings. The van der Waals surface area contributed by atoms with Gasteiger partial charge in [-0.15, -0.1) is 0 Å². The standard InChI is InChI=1S/C7H9Cl.Ga/c1-4-6(2)7(3)5-8;/h1-3H3;. The van der Waals surface area contributed by atoms with E-state index < -0.39 is 0 Å². The van der Waals surface area contributed by atoms with Crippen molar-refractivity contribution in [3.05, 3.63) is 18.9 Å². The van der Waals surface area contributed by atoms with Crippen LogP contribution in [0.1, 0.15) is 20.8 Å². The minimum atomic E-state index is -0.322. The quantitative estimate of drug-likeness (QED) is 0.525. The third-order valence-corrected chi connectivity index (χ3v) is 5.96. The van der Waals surface area contributed by atoms with Gasteiger partial charge in [0, 0.05) is 0 Å². The van der Waals surface area contributed by atoms with Crippen molar-refractivity contribution in [3.8, 4) is 0 Å². The molecule has 0 spiro atoms. The molecule has 0 N–H and O–H groups in total. The van der Waals surface area contributed by atoms with Crippen molar-refractivity contribution < 1.29 is 0 Å². The molecule has 0 unspecified atom stereocenters. The van der Waals surface area contributed by atoms with Crippen molar-refractivity contribution in [2.75, 3.05) is 0 Å². The summed E-state index contributed by atoms with van der Waals surface area (Å²) >= 11 is 5.64. The van der Waals surface area contributed by atoms with Gasteiger partial charge in [0.05, 0.1) is 0 Å². The first-order valence-corrected chi connectivity index (χ1v) is 5.82. The van der Waals surface area contributed by atoms with E-state index in [2.05, 4.69) is 20.8 Å². The predicted octanol–water partition coefficient (Wildman–Crippen LogP) is 2.47. The summed E-state index contributed by atoms with van der Waals surface area (Å²) in [5, 5.41) is 0. The Balaban J connectivity index is 2.97. The molecule has 1 aliphatic rings. The Morgan fingerprint density at radius 1 is 1.11 bits per heavy atom. The molecule has 1 aliphatic heterocycles. The average Bonchev–Trinajstić information content (AvgIpc) is 1.98. The maximum atomic E-state index is 5.96. The minimum absolute atomic E-state index is 0.322. The van der Waals surface area contributed by atoms with Crippen LogP contribution in [0.4, 0.5) is 0 Å². The molecule has 0 saturated heterocycles. The Labute approximate surface area is 68.8 Å². The third kappa shape index (κ3) is 1.28. The Bertz CT molecular complexity index is 179. The molecule has 0 aliphatic carbocycles. The van der Waals surface area contributed by atoms with E-state index in [0.29, 0.717) is 0 Å². The summed E-state index contributed by atoms with van der Waals surface area (Å²) < 4.78 is 2.75. The van der Waals surface area contributed by atoms with Crippen LogP contribution in [-0.4, -0.2) is 17.4 Å². The van der Waals surface area contributed by atoms with E-state index >= 15 is 0 Å². The molecule has 1 radical (unpaired) electrons. The summed E-state index contributed by atoms with van der Waals surface area (Å²) in [4.78, 5) is 0. The molecule has 1 heterocycles. The zero-order valence-corrected chi connectivity index (χ0v) is 9.13. The third-order valence-electron chi connectivity index (χ3n) is 1.86. The number of rotatable bonds is 0. The van der Waals surface area contributed by atoms with Crippen LogP contribution in [0.15, 0.2) is 18.9 Å². The van der Waals surface area contributed by atoms with Crippen LogP contribution in [0.2, 0.25) is 0 Å². The summed E-state index contributed by atoms with van der Waals surface area (Å²) in [6, 6.07) is 0. The van der Waals surface area contributed by atoms with Gasteiger partial charge in [-0.25, -0.2) is 0 Å². The molecule has 0 nitrogen and oxygen atoms in total. The molecule has 0 fully saturated rings. The first-order valence-electron chi connectivity index (χ1n) is 3.02. The number of hydrogen-bond acceptors (Lipinski definition) is 0. The van der Waals surface area contributed by atoms with E-state index in [4.69, 9.17) is 11.6 Å². The molecule has 0 amide bonds. The van der Waals surface area contributed by atoms with Crippen LogP contribution in [-0.2, 0) is 0 Å². The van der Waals surface area contributed by atoms with Crippen LogP contribution >= 0.6 is 11.6 Å². The van der Waals surface area contributed by atoms with Gasteiger partial charge < -0.3 is 0 Å². The second-order valence-corrected chi connectivity index (χ2v) is 7.23. The second-order valence-electron chi connectivity index (χ2n) is 2.43. The SMILES string of the molecule is C[C]1=C(C)C(C)=[C](Cl)[Ga]1. The van der Waals surface area contributed by atoms with Gasteiger partial charge in [0.25, 0.3) is 0 Å². The summed E-state index contributed by atoms with van der Waals surface area (Å²) in [6.45, 7) is 6.48. The van der Waals surface area contributed by atoms with Gasteiger partial charge in [-0.3, -0.25) is 0 Å². The van der Waals surface area contributed by atoms with Crippen LogP contribution in [0, 0.1) is 0 Å². The molecule has 2 heteroatoms. The van der Waals surface area contributed by atoms with Crippen LogP contribution in [0.3, 0.4) is 0 Å². The Hall–Kier alpha value is 0.406. The zero-order chi connectivity index (χ0) is 7.02. The fourth-order valence-electron chi connectivity index (χ4n) is 0.881. The molecule has 0 saturated carbocycles. The Kier molecular flexibility index (Phi) is 2.14. The molecule has 0 bridgehead atoms. The van der Waals surface area contributed by atoms with Crippen molar-refractivity contribution >= 4 is 29.0 Å². The molecular weight excluding hydrogens is 189 g/mol. The van der Waals surface area contributed by atoms with E-state index in [1.807, 2.05) is 0 Å². The van der Waals surface area contributed by atoms with E-state index in [1.54, 1.807) is 4.13 Å². The van der Waals surface area contributed by atoms with Crippen LogP contribution in [0.25, 0.3) is 0 Å². The fourth-order valence-corrected chi connectivity index (χ4v) is 4.49. The first-order chi connectivity index (χ1) is 4.13. The normalized spacial score (nSPS) is 19.1. The molecule has 47 valence electrons.